The van der Waals surface area contributed by atoms with Gasteiger partial charge in [0.1, 0.15) is 11.6 Å². The van der Waals surface area contributed by atoms with Crippen LogP contribution >= 0.6 is 0 Å². The van der Waals surface area contributed by atoms with E-state index in [1.54, 1.807) is 0 Å². The van der Waals surface area contributed by atoms with Gasteiger partial charge in [-0.05, 0) is 63.0 Å². The molecule has 2 N–H and O–H groups in total. The lowest BCUT2D eigenvalue weighted by atomic mass is 9.93. The van der Waals surface area contributed by atoms with Crippen molar-refractivity contribution in [3.8, 4) is 0 Å². The molecule has 0 saturated carbocycles. The van der Waals surface area contributed by atoms with Crippen LogP contribution in [0.5, 0.6) is 0 Å². The minimum absolute atomic E-state index is 0.180. The van der Waals surface area contributed by atoms with E-state index in [1.165, 1.54) is 0 Å². The van der Waals surface area contributed by atoms with Crippen molar-refractivity contribution in [3.63, 3.8) is 0 Å². The van der Waals surface area contributed by atoms with Gasteiger partial charge in [0.2, 0.25) is 5.91 Å². The van der Waals surface area contributed by atoms with Crippen LogP contribution in [0.4, 0.5) is 8.78 Å². The zero-order chi connectivity index (χ0) is 18.4. The summed E-state index contributed by atoms with van der Waals surface area (Å²) >= 11 is 0. The minimum atomic E-state index is -1.59. The zero-order valence-corrected chi connectivity index (χ0v) is 14.3. The number of nitrogens with one attached hydrogen (secondary N) is 1. The Balaban J connectivity index is 1.95. The highest BCUT2D eigenvalue weighted by Gasteiger charge is 2.27. The van der Waals surface area contributed by atoms with E-state index in [-0.39, 0.29) is 17.9 Å². The highest BCUT2D eigenvalue weighted by atomic mass is 19.1. The first kappa shape index (κ1) is 19.3. The molecule has 0 aromatic heterocycles. The number of hydrogen-bond donors (Lipinski definition) is 2. The van der Waals surface area contributed by atoms with E-state index < -0.39 is 29.6 Å². The Morgan fingerprint density at radius 1 is 1.32 bits per heavy atom. The van der Waals surface area contributed by atoms with E-state index >= 15 is 0 Å². The van der Waals surface area contributed by atoms with Crippen LogP contribution in [0.15, 0.2) is 18.2 Å². The second kappa shape index (κ2) is 8.89. The van der Waals surface area contributed by atoms with Crippen molar-refractivity contribution in [3.05, 3.63) is 35.4 Å². The number of rotatable bonds is 7. The van der Waals surface area contributed by atoms with Crippen LogP contribution in [0.3, 0.4) is 0 Å². The Labute approximate surface area is 146 Å². The van der Waals surface area contributed by atoms with E-state index in [0.29, 0.717) is 0 Å². The van der Waals surface area contributed by atoms with Gasteiger partial charge in [0.25, 0.3) is 0 Å². The second-order valence-electron chi connectivity index (χ2n) is 6.49. The molecule has 25 heavy (non-hydrogen) atoms. The van der Waals surface area contributed by atoms with Crippen molar-refractivity contribution in [1.29, 1.82) is 0 Å². The Morgan fingerprint density at radius 2 is 2.00 bits per heavy atom. The van der Waals surface area contributed by atoms with Crippen molar-refractivity contribution in [2.24, 2.45) is 5.92 Å². The third-order valence-corrected chi connectivity index (χ3v) is 4.54. The van der Waals surface area contributed by atoms with Crippen LogP contribution in [0, 0.1) is 17.6 Å². The van der Waals surface area contributed by atoms with Crippen molar-refractivity contribution in [1.82, 2.24) is 10.2 Å². The van der Waals surface area contributed by atoms with Crippen LogP contribution in [-0.2, 0) is 9.59 Å². The molecule has 1 heterocycles. The van der Waals surface area contributed by atoms with Crippen LogP contribution in [0.2, 0.25) is 0 Å². The summed E-state index contributed by atoms with van der Waals surface area (Å²) < 4.78 is 27.1. The van der Waals surface area contributed by atoms with Gasteiger partial charge in [0.15, 0.2) is 6.04 Å². The van der Waals surface area contributed by atoms with E-state index in [1.807, 2.05) is 0 Å². The second-order valence-corrected chi connectivity index (χ2v) is 6.49. The summed E-state index contributed by atoms with van der Waals surface area (Å²) in [5.41, 5.74) is -0.376. The summed E-state index contributed by atoms with van der Waals surface area (Å²) in [6.07, 6.45) is 3.03. The smallest absolute Gasteiger partial charge is 0.331 e. The fourth-order valence-corrected chi connectivity index (χ4v) is 3.22. The third-order valence-electron chi connectivity index (χ3n) is 4.54. The first-order valence-electron chi connectivity index (χ1n) is 8.60. The van der Waals surface area contributed by atoms with E-state index in [4.69, 9.17) is 0 Å². The quantitative estimate of drug-likeness (QED) is 0.790. The number of carboxylic acids is 1. The number of likely N-dealkylation sites (tertiary alicyclic amines) is 1. The number of aliphatic carboxylic acids is 1. The van der Waals surface area contributed by atoms with Crippen LogP contribution in [0.25, 0.3) is 0 Å². The first-order valence-corrected chi connectivity index (χ1v) is 8.60. The topological polar surface area (TPSA) is 69.6 Å². The van der Waals surface area contributed by atoms with Gasteiger partial charge in [-0.15, -0.1) is 0 Å². The zero-order valence-electron chi connectivity index (χ0n) is 14.3. The van der Waals surface area contributed by atoms with Gasteiger partial charge in [-0.25, -0.2) is 13.6 Å². The van der Waals surface area contributed by atoms with Gasteiger partial charge in [-0.2, -0.15) is 0 Å². The van der Waals surface area contributed by atoms with Gasteiger partial charge >= 0.3 is 5.97 Å². The largest absolute Gasteiger partial charge is 0.479 e. The van der Waals surface area contributed by atoms with Gasteiger partial charge in [-0.1, -0.05) is 6.92 Å². The molecule has 5 nitrogen and oxygen atoms in total. The highest BCUT2D eigenvalue weighted by molar-refractivity contribution is 5.84. The number of piperidine rings is 1. The number of carbonyl (C=O) groups is 2. The summed E-state index contributed by atoms with van der Waals surface area (Å²) in [6, 6.07) is 0.973. The lowest BCUT2D eigenvalue weighted by Crippen LogP contribution is -2.38. The lowest BCUT2D eigenvalue weighted by molar-refractivity contribution is -0.142. The van der Waals surface area contributed by atoms with Crippen molar-refractivity contribution < 1.29 is 23.5 Å². The number of benzene rings is 1. The predicted octanol–water partition coefficient (Wildman–Crippen LogP) is 2.72. The monoisotopic (exact) mass is 354 g/mol. The summed E-state index contributed by atoms with van der Waals surface area (Å²) in [5.74, 6) is -3.30. The summed E-state index contributed by atoms with van der Waals surface area (Å²) in [5, 5.41) is 11.6. The number of carboxylic acid groups (broad SMARTS) is 1. The number of halogens is 2. The Bertz CT molecular complexity index is 616. The Morgan fingerprint density at radius 3 is 2.60 bits per heavy atom. The normalized spacial score (nSPS) is 17.2. The lowest BCUT2D eigenvalue weighted by Gasteiger charge is -2.31. The summed E-state index contributed by atoms with van der Waals surface area (Å²) in [7, 11) is 0. The molecule has 0 spiro atoms. The maximum atomic E-state index is 13.8. The molecule has 1 aromatic rings. The summed E-state index contributed by atoms with van der Waals surface area (Å²) in [6.45, 7) is 5.01. The fourth-order valence-electron chi connectivity index (χ4n) is 3.22. The molecule has 0 bridgehead atoms. The molecule has 1 saturated heterocycles. The first-order chi connectivity index (χ1) is 11.9. The molecule has 2 rings (SSSR count). The maximum Gasteiger partial charge on any atom is 0.331 e. The van der Waals surface area contributed by atoms with E-state index in [2.05, 4.69) is 17.1 Å². The predicted molar refractivity (Wildman–Crippen MR) is 88.9 cm³/mol. The number of hydrogen-bond acceptors (Lipinski definition) is 3. The van der Waals surface area contributed by atoms with Gasteiger partial charge in [-0.3, -0.25) is 4.79 Å². The molecule has 1 amide bonds. The molecule has 0 aliphatic carbocycles. The fraction of sp³-hybridized carbons (Fsp3) is 0.556. The molecule has 0 unspecified atom stereocenters. The maximum absolute atomic E-state index is 13.8. The third kappa shape index (κ3) is 5.49. The molecule has 1 aliphatic heterocycles. The van der Waals surface area contributed by atoms with E-state index in [9.17, 15) is 23.5 Å². The van der Waals surface area contributed by atoms with E-state index in [0.717, 1.165) is 57.1 Å². The average Bonchev–Trinajstić information content (AvgIpc) is 2.57. The molecule has 0 radical (unpaired) electrons. The van der Waals surface area contributed by atoms with Crippen molar-refractivity contribution in [2.75, 3.05) is 19.6 Å². The molecule has 1 aliphatic rings. The van der Waals surface area contributed by atoms with Gasteiger partial charge in [0.05, 0.1) is 0 Å². The molecule has 1 aromatic carbocycles. The molecular formula is C18H24F2N2O3. The van der Waals surface area contributed by atoms with Crippen molar-refractivity contribution >= 4 is 11.9 Å². The van der Waals surface area contributed by atoms with Crippen LogP contribution in [0.1, 0.15) is 44.2 Å². The Kier molecular flexibility index (Phi) is 6.87. The molecule has 1 fully saturated rings. The van der Waals surface area contributed by atoms with Gasteiger partial charge < -0.3 is 15.3 Å². The number of amides is 1. The standard InChI is InChI=1S/C18H24F2N2O3/c1-2-7-22-8-5-12(6-9-22)10-16(23)21-17(18(24)25)14-11-13(19)3-4-15(14)20/h3-4,11-12,17H,2,5-10H2,1H3,(H,21,23)(H,24,25)/t17-/m1/s1. The molecule has 1 atom stereocenters. The highest BCUT2D eigenvalue weighted by Crippen LogP contribution is 2.23. The number of carbonyl (C=O) groups excluding carboxylic acids is 1. The summed E-state index contributed by atoms with van der Waals surface area (Å²) in [4.78, 5) is 25.9. The van der Waals surface area contributed by atoms with Crippen molar-refractivity contribution in [2.45, 2.75) is 38.6 Å². The van der Waals surface area contributed by atoms with Gasteiger partial charge in [0, 0.05) is 12.0 Å². The molecule has 7 heteroatoms. The van der Waals surface area contributed by atoms with Crippen LogP contribution in [-0.4, -0.2) is 41.5 Å². The molecule has 138 valence electrons. The average molecular weight is 354 g/mol. The number of nitrogens with zero attached hydrogens (tertiary/aromatic N) is 1. The Hall–Kier alpha value is -2.02. The SMILES string of the molecule is CCCN1CCC(CC(=O)N[C@@H](C(=O)O)c2cc(F)ccc2F)CC1. The molecular weight excluding hydrogens is 330 g/mol. The van der Waals surface area contributed by atoms with Crippen LogP contribution < -0.4 is 5.32 Å². The minimum Gasteiger partial charge on any atom is -0.479 e.